The van der Waals surface area contributed by atoms with E-state index in [1.54, 1.807) is 7.11 Å². The molecule has 23 heavy (non-hydrogen) atoms. The third-order valence-electron chi connectivity index (χ3n) is 3.77. The second kappa shape index (κ2) is 5.88. The number of nitrogens with zero attached hydrogens (tertiary/aromatic N) is 2. The summed E-state index contributed by atoms with van der Waals surface area (Å²) in [4.78, 5) is 4.48. The van der Waals surface area contributed by atoms with Crippen molar-refractivity contribution in [3.8, 4) is 28.6 Å². The summed E-state index contributed by atoms with van der Waals surface area (Å²) in [5, 5.41) is 4.08. The molecule has 0 unspecified atom stereocenters. The summed E-state index contributed by atoms with van der Waals surface area (Å²) < 4.78 is 10.5. The lowest BCUT2D eigenvalue weighted by Gasteiger charge is -2.18. The largest absolute Gasteiger partial charge is 0.497 e. The fourth-order valence-electron chi connectivity index (χ4n) is 2.31. The highest BCUT2D eigenvalue weighted by Crippen LogP contribution is 2.27. The summed E-state index contributed by atoms with van der Waals surface area (Å²) >= 11 is 0. The van der Waals surface area contributed by atoms with Gasteiger partial charge >= 0.3 is 0 Å². The van der Waals surface area contributed by atoms with Crippen molar-refractivity contribution in [3.63, 3.8) is 0 Å². The summed E-state index contributed by atoms with van der Waals surface area (Å²) in [6.45, 7) is 6.58. The second-order valence-corrected chi connectivity index (χ2v) is 6.48. The monoisotopic (exact) mass is 308 g/mol. The minimum atomic E-state index is 0.129. The average molecular weight is 308 g/mol. The van der Waals surface area contributed by atoms with Gasteiger partial charge in [0.2, 0.25) is 5.82 Å². The van der Waals surface area contributed by atoms with Gasteiger partial charge in [-0.25, -0.2) is 0 Å². The lowest BCUT2D eigenvalue weighted by atomic mass is 9.87. The Labute approximate surface area is 136 Å². The maximum Gasteiger partial charge on any atom is 0.258 e. The summed E-state index contributed by atoms with van der Waals surface area (Å²) in [6, 6.07) is 15.8. The number of methoxy groups -OCH3 is 1. The van der Waals surface area contributed by atoms with Crippen LogP contribution in [0.5, 0.6) is 5.75 Å². The minimum Gasteiger partial charge on any atom is -0.497 e. The zero-order valence-corrected chi connectivity index (χ0v) is 13.8. The summed E-state index contributed by atoms with van der Waals surface area (Å²) in [5.41, 5.74) is 3.22. The zero-order valence-electron chi connectivity index (χ0n) is 13.8. The van der Waals surface area contributed by atoms with Crippen molar-refractivity contribution in [3.05, 3.63) is 54.1 Å². The lowest BCUT2D eigenvalue weighted by molar-refractivity contribution is 0.414. The van der Waals surface area contributed by atoms with Crippen LogP contribution in [-0.2, 0) is 5.41 Å². The quantitative estimate of drug-likeness (QED) is 0.703. The molecule has 0 N–H and O–H groups in total. The van der Waals surface area contributed by atoms with Crippen LogP contribution < -0.4 is 4.74 Å². The Hall–Kier alpha value is -2.62. The van der Waals surface area contributed by atoms with Crippen LogP contribution in [0.15, 0.2) is 53.1 Å². The van der Waals surface area contributed by atoms with Gasteiger partial charge < -0.3 is 9.26 Å². The number of hydrogen-bond acceptors (Lipinski definition) is 4. The van der Waals surface area contributed by atoms with E-state index < -0.39 is 0 Å². The van der Waals surface area contributed by atoms with Crippen molar-refractivity contribution in [2.24, 2.45) is 0 Å². The predicted molar refractivity (Wildman–Crippen MR) is 90.4 cm³/mol. The molecule has 3 aromatic rings. The first-order valence-electron chi connectivity index (χ1n) is 7.56. The van der Waals surface area contributed by atoms with Crippen LogP contribution in [0.1, 0.15) is 26.3 Å². The Bertz CT molecular complexity index is 781. The Morgan fingerprint density at radius 2 is 1.48 bits per heavy atom. The smallest absolute Gasteiger partial charge is 0.258 e. The van der Waals surface area contributed by atoms with E-state index in [0.29, 0.717) is 11.7 Å². The molecule has 0 amide bonds. The van der Waals surface area contributed by atoms with Gasteiger partial charge in [-0.05, 0) is 35.2 Å². The van der Waals surface area contributed by atoms with E-state index in [2.05, 4.69) is 43.0 Å². The van der Waals surface area contributed by atoms with Crippen LogP contribution >= 0.6 is 0 Å². The maximum absolute atomic E-state index is 5.37. The van der Waals surface area contributed by atoms with Crippen molar-refractivity contribution in [1.29, 1.82) is 0 Å². The SMILES string of the molecule is COc1ccc(-c2nc(-c3ccc(C(C)(C)C)cc3)no2)cc1. The van der Waals surface area contributed by atoms with Crippen molar-refractivity contribution in [1.82, 2.24) is 10.1 Å². The molecule has 1 aromatic heterocycles. The third kappa shape index (κ3) is 3.26. The molecule has 4 heteroatoms. The van der Waals surface area contributed by atoms with E-state index in [1.165, 1.54) is 5.56 Å². The maximum atomic E-state index is 5.37. The molecule has 0 fully saturated rings. The van der Waals surface area contributed by atoms with Crippen molar-refractivity contribution >= 4 is 0 Å². The van der Waals surface area contributed by atoms with Gasteiger partial charge in [-0.2, -0.15) is 4.98 Å². The van der Waals surface area contributed by atoms with Gasteiger partial charge in [-0.15, -0.1) is 0 Å². The standard InChI is InChI=1S/C19H20N2O2/c1-19(2,3)15-9-5-13(6-10-15)17-20-18(23-21-17)14-7-11-16(22-4)12-8-14/h5-12H,1-4H3. The van der Waals surface area contributed by atoms with Crippen LogP contribution in [-0.4, -0.2) is 17.3 Å². The molecule has 3 rings (SSSR count). The second-order valence-electron chi connectivity index (χ2n) is 6.48. The molecule has 0 aliphatic carbocycles. The van der Waals surface area contributed by atoms with E-state index in [-0.39, 0.29) is 5.41 Å². The number of benzene rings is 2. The van der Waals surface area contributed by atoms with Crippen LogP contribution in [0, 0.1) is 0 Å². The Morgan fingerprint density at radius 3 is 2.04 bits per heavy atom. The minimum absolute atomic E-state index is 0.129. The van der Waals surface area contributed by atoms with Gasteiger partial charge in [0.15, 0.2) is 0 Å². The molecule has 0 radical (unpaired) electrons. The van der Waals surface area contributed by atoms with Gasteiger partial charge in [0.1, 0.15) is 5.75 Å². The third-order valence-corrected chi connectivity index (χ3v) is 3.77. The Balaban J connectivity index is 1.86. The molecular formula is C19H20N2O2. The molecule has 0 spiro atoms. The summed E-state index contributed by atoms with van der Waals surface area (Å²) in [6.07, 6.45) is 0. The fraction of sp³-hybridized carbons (Fsp3) is 0.263. The Morgan fingerprint density at radius 1 is 0.870 bits per heavy atom. The highest BCUT2D eigenvalue weighted by Gasteiger charge is 2.15. The lowest BCUT2D eigenvalue weighted by Crippen LogP contribution is -2.10. The molecular weight excluding hydrogens is 288 g/mol. The van der Waals surface area contributed by atoms with Crippen LogP contribution in [0.3, 0.4) is 0 Å². The van der Waals surface area contributed by atoms with E-state index in [4.69, 9.17) is 9.26 Å². The molecule has 0 atom stereocenters. The van der Waals surface area contributed by atoms with Gasteiger partial charge in [-0.1, -0.05) is 50.2 Å². The molecule has 0 saturated carbocycles. The molecule has 4 nitrogen and oxygen atoms in total. The molecule has 2 aromatic carbocycles. The van der Waals surface area contributed by atoms with E-state index in [0.717, 1.165) is 16.9 Å². The number of aromatic nitrogens is 2. The molecule has 0 saturated heterocycles. The number of ether oxygens (including phenoxy) is 1. The first-order valence-corrected chi connectivity index (χ1v) is 7.56. The van der Waals surface area contributed by atoms with Crippen molar-refractivity contribution in [2.75, 3.05) is 7.11 Å². The topological polar surface area (TPSA) is 48.2 Å². The van der Waals surface area contributed by atoms with Crippen molar-refractivity contribution < 1.29 is 9.26 Å². The Kier molecular flexibility index (Phi) is 3.90. The number of hydrogen-bond donors (Lipinski definition) is 0. The zero-order chi connectivity index (χ0) is 16.4. The summed E-state index contributed by atoms with van der Waals surface area (Å²) in [7, 11) is 1.64. The van der Waals surface area contributed by atoms with Gasteiger partial charge in [0.25, 0.3) is 5.89 Å². The first kappa shape index (κ1) is 15.3. The number of rotatable bonds is 3. The van der Waals surface area contributed by atoms with E-state index in [9.17, 15) is 0 Å². The van der Waals surface area contributed by atoms with E-state index in [1.807, 2.05) is 36.4 Å². The average Bonchev–Trinajstić information content (AvgIpc) is 3.04. The van der Waals surface area contributed by atoms with Crippen molar-refractivity contribution in [2.45, 2.75) is 26.2 Å². The van der Waals surface area contributed by atoms with Gasteiger partial charge in [0.05, 0.1) is 7.11 Å². The highest BCUT2D eigenvalue weighted by atomic mass is 16.5. The predicted octanol–water partition coefficient (Wildman–Crippen LogP) is 4.71. The molecule has 1 heterocycles. The summed E-state index contributed by atoms with van der Waals surface area (Å²) in [5.74, 6) is 1.89. The van der Waals surface area contributed by atoms with Crippen LogP contribution in [0.4, 0.5) is 0 Å². The molecule has 0 aliphatic rings. The van der Waals surface area contributed by atoms with E-state index >= 15 is 0 Å². The van der Waals surface area contributed by atoms with Gasteiger partial charge in [0, 0.05) is 11.1 Å². The van der Waals surface area contributed by atoms with Gasteiger partial charge in [-0.3, -0.25) is 0 Å². The highest BCUT2D eigenvalue weighted by molar-refractivity contribution is 5.60. The first-order chi connectivity index (χ1) is 11.0. The molecule has 118 valence electrons. The fourth-order valence-corrected chi connectivity index (χ4v) is 2.31. The molecule has 0 aliphatic heterocycles. The van der Waals surface area contributed by atoms with Crippen LogP contribution in [0.25, 0.3) is 22.8 Å². The van der Waals surface area contributed by atoms with Crippen LogP contribution in [0.2, 0.25) is 0 Å². The molecule has 0 bridgehead atoms. The normalized spacial score (nSPS) is 11.5.